The zero-order chi connectivity index (χ0) is 24.7. The highest BCUT2D eigenvalue weighted by Gasteiger charge is 2.49. The van der Waals surface area contributed by atoms with Crippen molar-refractivity contribution < 1.29 is 29.0 Å². The van der Waals surface area contributed by atoms with Crippen molar-refractivity contribution in [1.29, 1.82) is 0 Å². The van der Waals surface area contributed by atoms with E-state index in [1.54, 1.807) is 28.9 Å². The van der Waals surface area contributed by atoms with Crippen molar-refractivity contribution in [3.8, 4) is 5.75 Å². The number of likely N-dealkylation sites (tertiary alicyclic amines) is 2. The number of ether oxygens (including phenoxy) is 2. The number of amides is 2. The van der Waals surface area contributed by atoms with E-state index in [0.29, 0.717) is 38.1 Å². The Morgan fingerprint density at radius 3 is 2.69 bits per heavy atom. The van der Waals surface area contributed by atoms with Gasteiger partial charge in [0.2, 0.25) is 0 Å². The smallest absolute Gasteiger partial charge is 0.409 e. The molecule has 2 fully saturated rings. The summed E-state index contributed by atoms with van der Waals surface area (Å²) in [5, 5.41) is 13.2. The molecule has 2 atom stereocenters. The second-order valence-electron chi connectivity index (χ2n) is 9.09. The second kappa shape index (κ2) is 9.37. The molecule has 5 rings (SSSR count). The predicted molar refractivity (Wildman–Crippen MR) is 130 cm³/mol. The van der Waals surface area contributed by atoms with Crippen LogP contribution in [0.3, 0.4) is 0 Å². The monoisotopic (exact) mass is 496 g/mol. The minimum absolute atomic E-state index is 0.0552. The zero-order valence-corrected chi connectivity index (χ0v) is 20.5. The van der Waals surface area contributed by atoms with Crippen molar-refractivity contribution >= 4 is 34.9 Å². The molecule has 1 N–H and O–H groups in total. The van der Waals surface area contributed by atoms with Gasteiger partial charge in [-0.05, 0) is 61.9 Å². The van der Waals surface area contributed by atoms with Crippen LogP contribution in [0.25, 0.3) is 5.76 Å². The van der Waals surface area contributed by atoms with Gasteiger partial charge in [0.05, 0.1) is 18.2 Å². The van der Waals surface area contributed by atoms with Crippen LogP contribution in [-0.4, -0.2) is 64.5 Å². The van der Waals surface area contributed by atoms with Crippen LogP contribution in [0.15, 0.2) is 41.3 Å². The Hall–Kier alpha value is -3.33. The van der Waals surface area contributed by atoms with Crippen LogP contribution >= 0.6 is 11.3 Å². The van der Waals surface area contributed by atoms with Crippen LogP contribution in [0.2, 0.25) is 0 Å². The number of benzene rings is 1. The second-order valence-corrected chi connectivity index (χ2v) is 10.1. The molecule has 0 radical (unpaired) electrons. The molecular weight excluding hydrogens is 468 g/mol. The lowest BCUT2D eigenvalue weighted by molar-refractivity contribution is -0.142. The summed E-state index contributed by atoms with van der Waals surface area (Å²) < 4.78 is 10.9. The number of piperidine rings is 1. The predicted octanol–water partition coefficient (Wildman–Crippen LogP) is 4.11. The van der Waals surface area contributed by atoms with Crippen LogP contribution < -0.4 is 4.74 Å². The van der Waals surface area contributed by atoms with Crippen molar-refractivity contribution in [3.63, 3.8) is 0 Å². The maximum Gasteiger partial charge on any atom is 0.409 e. The van der Waals surface area contributed by atoms with E-state index in [2.05, 4.69) is 0 Å². The number of rotatable bonds is 4. The molecule has 4 heterocycles. The van der Waals surface area contributed by atoms with Gasteiger partial charge in [0.1, 0.15) is 17.6 Å². The Labute approximate surface area is 207 Å². The average Bonchev–Trinajstić information content (AvgIpc) is 3.57. The van der Waals surface area contributed by atoms with Gasteiger partial charge in [0, 0.05) is 36.0 Å². The van der Waals surface area contributed by atoms with E-state index in [1.807, 2.05) is 30.5 Å². The third kappa shape index (κ3) is 4.18. The fraction of sp³-hybridized carbons (Fsp3) is 0.423. The van der Waals surface area contributed by atoms with E-state index >= 15 is 0 Å². The van der Waals surface area contributed by atoms with Gasteiger partial charge in [0.15, 0.2) is 0 Å². The third-order valence-corrected chi connectivity index (χ3v) is 7.77. The molecule has 2 amide bonds. The number of Topliss-reactive ketones (excluding diaryl/α,β-unsaturated/α-hetero) is 1. The van der Waals surface area contributed by atoms with E-state index in [0.717, 1.165) is 22.6 Å². The molecule has 0 bridgehead atoms. The van der Waals surface area contributed by atoms with Crippen LogP contribution in [0.1, 0.15) is 48.7 Å². The first kappa shape index (κ1) is 23.4. The number of hydrogen-bond acceptors (Lipinski definition) is 7. The number of thiophene rings is 1. The van der Waals surface area contributed by atoms with Gasteiger partial charge >= 0.3 is 6.09 Å². The van der Waals surface area contributed by atoms with E-state index in [1.165, 1.54) is 11.3 Å². The van der Waals surface area contributed by atoms with Crippen LogP contribution in [0.4, 0.5) is 4.79 Å². The summed E-state index contributed by atoms with van der Waals surface area (Å²) in [6.45, 7) is 4.92. The highest BCUT2D eigenvalue weighted by molar-refractivity contribution is 7.10. The molecule has 0 saturated carbocycles. The molecule has 3 aliphatic rings. The minimum atomic E-state index is -0.682. The molecule has 2 saturated heterocycles. The number of fused-ring (bicyclic) bond motifs is 1. The van der Waals surface area contributed by atoms with Crippen molar-refractivity contribution in [1.82, 2.24) is 9.80 Å². The van der Waals surface area contributed by atoms with Gasteiger partial charge in [-0.2, -0.15) is 0 Å². The Morgan fingerprint density at radius 2 is 2.00 bits per heavy atom. The van der Waals surface area contributed by atoms with Crippen molar-refractivity contribution in [3.05, 3.63) is 57.3 Å². The molecule has 35 heavy (non-hydrogen) atoms. The summed E-state index contributed by atoms with van der Waals surface area (Å²) in [7, 11) is 0. The first-order valence-electron chi connectivity index (χ1n) is 11.9. The third-order valence-electron chi connectivity index (χ3n) is 6.85. The average molecular weight is 497 g/mol. The molecule has 3 aliphatic heterocycles. The Balaban J connectivity index is 1.49. The van der Waals surface area contributed by atoms with E-state index in [9.17, 15) is 19.5 Å². The van der Waals surface area contributed by atoms with Crippen molar-refractivity contribution in [2.75, 3.05) is 19.7 Å². The minimum Gasteiger partial charge on any atom is -0.507 e. The van der Waals surface area contributed by atoms with Crippen LogP contribution in [-0.2, 0) is 20.7 Å². The highest BCUT2D eigenvalue weighted by Crippen LogP contribution is 2.44. The molecule has 2 aromatic rings. The summed E-state index contributed by atoms with van der Waals surface area (Å²) in [5.74, 6) is -0.690. The fourth-order valence-corrected chi connectivity index (χ4v) is 6.05. The molecule has 1 aromatic carbocycles. The molecule has 8 nitrogen and oxygen atoms in total. The number of aliphatic hydroxyl groups is 1. The molecule has 0 aliphatic carbocycles. The Morgan fingerprint density at radius 1 is 1.23 bits per heavy atom. The summed E-state index contributed by atoms with van der Waals surface area (Å²) in [6.07, 6.45) is 1.47. The van der Waals surface area contributed by atoms with Gasteiger partial charge in [-0.1, -0.05) is 6.07 Å². The Bertz CT molecular complexity index is 1180. The first-order valence-corrected chi connectivity index (χ1v) is 12.8. The molecule has 0 spiro atoms. The number of carbonyl (C=O) groups excluding carboxylic acids is 3. The summed E-state index contributed by atoms with van der Waals surface area (Å²) in [6, 6.07) is 8.22. The summed E-state index contributed by atoms with van der Waals surface area (Å²) >= 11 is 1.44. The molecule has 9 heteroatoms. The van der Waals surface area contributed by atoms with E-state index in [-0.39, 0.29) is 29.6 Å². The topological polar surface area (TPSA) is 96.4 Å². The van der Waals surface area contributed by atoms with Gasteiger partial charge in [0.25, 0.3) is 11.7 Å². The number of hydrogen-bond donors (Lipinski definition) is 1. The van der Waals surface area contributed by atoms with Crippen LogP contribution in [0.5, 0.6) is 5.75 Å². The van der Waals surface area contributed by atoms with Crippen molar-refractivity contribution in [2.45, 2.75) is 51.3 Å². The zero-order valence-electron chi connectivity index (χ0n) is 19.7. The maximum atomic E-state index is 13.3. The fourth-order valence-electron chi connectivity index (χ4n) is 5.22. The van der Waals surface area contributed by atoms with Gasteiger partial charge < -0.3 is 24.4 Å². The van der Waals surface area contributed by atoms with Gasteiger partial charge in [-0.25, -0.2) is 4.79 Å². The number of carbonyl (C=O) groups is 3. The maximum absolute atomic E-state index is 13.3. The summed E-state index contributed by atoms with van der Waals surface area (Å²) in [5.41, 5.74) is 1.57. The number of aliphatic hydroxyl groups excluding tert-OH is 1. The molecule has 184 valence electrons. The Kier molecular flexibility index (Phi) is 6.27. The first-order chi connectivity index (χ1) is 16.9. The normalized spacial score (nSPS) is 23.9. The standard InChI is InChI=1S/C26H28N2O6S/c1-3-33-26(32)27-10-8-18(9-11-27)28-22(20-5-4-12-35-20)21(24(30)25(28)31)23(29)16-6-7-19-17(14-16)13-15(2)34-19/h4-7,12,14-15,18,22,29H,3,8-11,13H2,1-2H3/b23-21-. The number of nitrogens with zero attached hydrogens (tertiary/aromatic N) is 2. The van der Waals surface area contributed by atoms with Gasteiger partial charge in [-0.3, -0.25) is 9.59 Å². The molecule has 2 unspecified atom stereocenters. The molecular formula is C26H28N2O6S. The summed E-state index contributed by atoms with van der Waals surface area (Å²) in [4.78, 5) is 42.8. The lowest BCUT2D eigenvalue weighted by atomic mass is 9.96. The molecule has 1 aromatic heterocycles. The number of ketones is 1. The largest absolute Gasteiger partial charge is 0.507 e. The van der Waals surface area contributed by atoms with Gasteiger partial charge in [-0.15, -0.1) is 11.3 Å². The van der Waals surface area contributed by atoms with E-state index in [4.69, 9.17) is 9.47 Å². The van der Waals surface area contributed by atoms with E-state index < -0.39 is 17.7 Å². The van der Waals surface area contributed by atoms with Crippen molar-refractivity contribution in [2.24, 2.45) is 0 Å². The lowest BCUT2D eigenvalue weighted by Gasteiger charge is -2.38. The highest BCUT2D eigenvalue weighted by atomic mass is 32.1. The quantitative estimate of drug-likeness (QED) is 0.389. The lowest BCUT2D eigenvalue weighted by Crippen LogP contribution is -2.48. The SMILES string of the molecule is CCOC(=O)N1CCC(N2C(=O)C(=O)/C(=C(\O)c3ccc4c(c3)CC(C)O4)C2c2cccs2)CC1. The van der Waals surface area contributed by atoms with Crippen LogP contribution in [0, 0.1) is 0 Å².